The molecule has 0 saturated carbocycles. The molecule has 1 aromatic carbocycles. The Morgan fingerprint density at radius 1 is 1.14 bits per heavy atom. The van der Waals surface area contributed by atoms with Crippen LogP contribution in [0.3, 0.4) is 0 Å². The summed E-state index contributed by atoms with van der Waals surface area (Å²) in [6.45, 7) is 11.4. The van der Waals surface area contributed by atoms with Gasteiger partial charge in [-0.15, -0.1) is 0 Å². The highest BCUT2D eigenvalue weighted by atomic mass is 16.6. The van der Waals surface area contributed by atoms with Crippen molar-refractivity contribution in [3.63, 3.8) is 0 Å². The molecule has 0 N–H and O–H groups in total. The average Bonchev–Trinajstić information content (AvgIpc) is 3.46. The number of benzene rings is 1. The third kappa shape index (κ3) is 5.03. The van der Waals surface area contributed by atoms with Crippen LogP contribution in [0.5, 0.6) is 0 Å². The van der Waals surface area contributed by atoms with Crippen molar-refractivity contribution in [1.29, 1.82) is 0 Å². The molecule has 1 aromatic rings. The zero-order valence-corrected chi connectivity index (χ0v) is 21.7. The van der Waals surface area contributed by atoms with Crippen molar-refractivity contribution in [2.45, 2.75) is 96.2 Å². The van der Waals surface area contributed by atoms with Gasteiger partial charge >= 0.3 is 6.09 Å². The van der Waals surface area contributed by atoms with Crippen LogP contribution in [0.1, 0.15) is 65.9 Å². The van der Waals surface area contributed by atoms with Crippen LogP contribution in [0.25, 0.3) is 0 Å². The molecule has 4 rings (SSSR count). The quantitative estimate of drug-likeness (QED) is 0.576. The smallest absolute Gasteiger partial charge is 0.411 e. The Hall–Kier alpha value is -2.61. The molecule has 0 radical (unpaired) electrons. The Morgan fingerprint density at radius 3 is 2.40 bits per heavy atom. The molecule has 3 aliphatic heterocycles. The lowest BCUT2D eigenvalue weighted by atomic mass is 9.83. The molecule has 3 aliphatic rings. The van der Waals surface area contributed by atoms with Crippen LogP contribution in [0.2, 0.25) is 0 Å². The predicted molar refractivity (Wildman–Crippen MR) is 132 cm³/mol. The van der Waals surface area contributed by atoms with Crippen LogP contribution in [-0.4, -0.2) is 81.6 Å². The van der Waals surface area contributed by atoms with E-state index in [4.69, 9.17) is 9.47 Å². The standard InChI is InChI=1S/C27H39N3O5/c1-19-13-14-27(30(19)25(33)35-26(3,4)5)18-29(24(27)32)22(23(31)28-15-9-10-16-28)20(2)34-17-21-11-7-6-8-12-21/h6-8,11-12,19-20,22H,9-10,13-18H2,1-5H3. The number of ether oxygens (including phenoxy) is 2. The summed E-state index contributed by atoms with van der Waals surface area (Å²) < 4.78 is 11.8. The van der Waals surface area contributed by atoms with Gasteiger partial charge in [0.05, 0.1) is 19.3 Å². The Kier molecular flexibility index (Phi) is 7.13. The summed E-state index contributed by atoms with van der Waals surface area (Å²) in [7, 11) is 0. The van der Waals surface area contributed by atoms with Gasteiger partial charge in [0, 0.05) is 19.1 Å². The Balaban J connectivity index is 1.53. The molecule has 3 saturated heterocycles. The van der Waals surface area contributed by atoms with Gasteiger partial charge in [0.15, 0.2) is 0 Å². The predicted octanol–water partition coefficient (Wildman–Crippen LogP) is 3.58. The first-order valence-electron chi connectivity index (χ1n) is 12.8. The van der Waals surface area contributed by atoms with E-state index in [1.54, 1.807) is 9.80 Å². The first kappa shape index (κ1) is 25.5. The highest BCUT2D eigenvalue weighted by Crippen LogP contribution is 2.44. The zero-order valence-electron chi connectivity index (χ0n) is 21.7. The van der Waals surface area contributed by atoms with Crippen molar-refractivity contribution < 1.29 is 23.9 Å². The van der Waals surface area contributed by atoms with Gasteiger partial charge in [-0.25, -0.2) is 4.79 Å². The van der Waals surface area contributed by atoms with Gasteiger partial charge in [-0.05, 0) is 65.9 Å². The SMILES string of the molecule is CC(OCc1ccccc1)C(C(=O)N1CCCC1)N1CC2(CCC(C)N2C(=O)OC(C)(C)C)C1=O. The van der Waals surface area contributed by atoms with Crippen LogP contribution in [0.15, 0.2) is 30.3 Å². The second kappa shape index (κ2) is 9.80. The molecule has 4 atom stereocenters. The van der Waals surface area contributed by atoms with Gasteiger partial charge < -0.3 is 19.3 Å². The van der Waals surface area contributed by atoms with Gasteiger partial charge in [0.2, 0.25) is 5.91 Å². The van der Waals surface area contributed by atoms with Crippen molar-refractivity contribution in [3.8, 4) is 0 Å². The van der Waals surface area contributed by atoms with Gasteiger partial charge in [0.25, 0.3) is 5.91 Å². The monoisotopic (exact) mass is 485 g/mol. The third-order valence-corrected chi connectivity index (χ3v) is 7.37. The molecule has 35 heavy (non-hydrogen) atoms. The van der Waals surface area contributed by atoms with E-state index >= 15 is 0 Å². The molecular formula is C27H39N3O5. The van der Waals surface area contributed by atoms with Crippen molar-refractivity contribution in [2.75, 3.05) is 19.6 Å². The van der Waals surface area contributed by atoms with Gasteiger partial charge in [0.1, 0.15) is 17.2 Å². The van der Waals surface area contributed by atoms with Crippen LogP contribution >= 0.6 is 0 Å². The van der Waals surface area contributed by atoms with Crippen molar-refractivity contribution in [2.24, 2.45) is 0 Å². The number of rotatable bonds is 6. The lowest BCUT2D eigenvalue weighted by Gasteiger charge is -2.54. The lowest BCUT2D eigenvalue weighted by molar-refractivity contribution is -0.177. The van der Waals surface area contributed by atoms with Crippen molar-refractivity contribution in [1.82, 2.24) is 14.7 Å². The second-order valence-electron chi connectivity index (χ2n) is 11.2. The van der Waals surface area contributed by atoms with Crippen LogP contribution in [0, 0.1) is 0 Å². The maximum atomic E-state index is 13.8. The van der Waals surface area contributed by atoms with Gasteiger partial charge in [-0.1, -0.05) is 30.3 Å². The fourth-order valence-electron chi connectivity index (χ4n) is 5.58. The topological polar surface area (TPSA) is 79.4 Å². The number of β-lactam (4-membered cyclic amide) rings is 1. The molecule has 0 aromatic heterocycles. The van der Waals surface area contributed by atoms with E-state index in [0.717, 1.165) is 24.8 Å². The van der Waals surface area contributed by atoms with Crippen molar-refractivity contribution in [3.05, 3.63) is 35.9 Å². The average molecular weight is 486 g/mol. The number of carbonyl (C=O) groups is 3. The van der Waals surface area contributed by atoms with Crippen LogP contribution < -0.4 is 0 Å². The summed E-state index contributed by atoms with van der Waals surface area (Å²) in [4.78, 5) is 45.6. The molecule has 1 spiro atoms. The van der Waals surface area contributed by atoms with E-state index < -0.39 is 29.4 Å². The Labute approximate surface area is 208 Å². The molecule has 8 heteroatoms. The van der Waals surface area contributed by atoms with E-state index in [0.29, 0.717) is 32.7 Å². The molecule has 192 valence electrons. The van der Waals surface area contributed by atoms with E-state index in [1.807, 2.05) is 69.9 Å². The maximum Gasteiger partial charge on any atom is 0.411 e. The van der Waals surface area contributed by atoms with E-state index in [2.05, 4.69) is 0 Å². The van der Waals surface area contributed by atoms with E-state index in [9.17, 15) is 14.4 Å². The summed E-state index contributed by atoms with van der Waals surface area (Å²) in [6, 6.07) is 8.99. The number of hydrogen-bond acceptors (Lipinski definition) is 5. The normalized spacial score (nSPS) is 26.1. The largest absolute Gasteiger partial charge is 0.444 e. The summed E-state index contributed by atoms with van der Waals surface area (Å²) in [5, 5.41) is 0. The number of hydrogen-bond donors (Lipinski definition) is 0. The second-order valence-corrected chi connectivity index (χ2v) is 11.2. The highest BCUT2D eigenvalue weighted by Gasteiger charge is 2.65. The first-order valence-corrected chi connectivity index (χ1v) is 12.8. The third-order valence-electron chi connectivity index (χ3n) is 7.37. The molecule has 0 bridgehead atoms. The van der Waals surface area contributed by atoms with Crippen LogP contribution in [-0.2, 0) is 25.7 Å². The zero-order chi connectivity index (χ0) is 25.4. The van der Waals surface area contributed by atoms with E-state index in [1.165, 1.54) is 0 Å². The minimum absolute atomic E-state index is 0.0684. The minimum atomic E-state index is -0.940. The highest BCUT2D eigenvalue weighted by molar-refractivity contribution is 6.00. The molecule has 8 nitrogen and oxygen atoms in total. The van der Waals surface area contributed by atoms with Gasteiger partial charge in [-0.3, -0.25) is 14.5 Å². The lowest BCUT2D eigenvalue weighted by Crippen LogP contribution is -2.77. The molecule has 3 fully saturated rings. The van der Waals surface area contributed by atoms with Crippen molar-refractivity contribution >= 4 is 17.9 Å². The first-order chi connectivity index (χ1) is 16.5. The summed E-state index contributed by atoms with van der Waals surface area (Å²) in [6.07, 6.45) is 2.29. The van der Waals surface area contributed by atoms with E-state index in [-0.39, 0.29) is 17.9 Å². The molecular weight excluding hydrogens is 446 g/mol. The maximum absolute atomic E-state index is 13.8. The minimum Gasteiger partial charge on any atom is -0.444 e. The molecule has 3 amide bonds. The number of nitrogens with zero attached hydrogens (tertiary/aromatic N) is 3. The Morgan fingerprint density at radius 2 is 1.80 bits per heavy atom. The fourth-order valence-corrected chi connectivity index (χ4v) is 5.58. The molecule has 3 heterocycles. The summed E-state index contributed by atoms with van der Waals surface area (Å²) in [5.74, 6) is -0.249. The Bertz CT molecular complexity index is 940. The molecule has 0 aliphatic carbocycles. The number of likely N-dealkylation sites (tertiary alicyclic amines) is 3. The van der Waals surface area contributed by atoms with Gasteiger partial charge in [-0.2, -0.15) is 0 Å². The summed E-state index contributed by atoms with van der Waals surface area (Å²) in [5.41, 5.74) is -0.579. The van der Waals surface area contributed by atoms with Crippen LogP contribution in [0.4, 0.5) is 4.79 Å². The number of carbonyl (C=O) groups excluding carboxylic acids is 3. The summed E-state index contributed by atoms with van der Waals surface area (Å²) >= 11 is 0. The fraction of sp³-hybridized carbons (Fsp3) is 0.667. The molecule has 4 unspecified atom stereocenters. The number of amides is 3.